The lowest BCUT2D eigenvalue weighted by atomic mass is 9.82. The summed E-state index contributed by atoms with van der Waals surface area (Å²) in [6, 6.07) is 15.8. The molecule has 31 heavy (non-hydrogen) atoms. The van der Waals surface area contributed by atoms with Crippen LogP contribution in [0, 0.1) is 6.92 Å². The highest BCUT2D eigenvalue weighted by Crippen LogP contribution is 2.44. The maximum Gasteiger partial charge on any atom is 0.321 e. The van der Waals surface area contributed by atoms with E-state index in [1.54, 1.807) is 7.11 Å². The molecule has 2 amide bonds. The van der Waals surface area contributed by atoms with Gasteiger partial charge in [-0.05, 0) is 61.7 Å². The molecule has 3 heterocycles. The average molecular weight is 437 g/mol. The highest BCUT2D eigenvalue weighted by atomic mass is 35.5. The number of rotatable bonds is 2. The third-order valence-corrected chi connectivity index (χ3v) is 6.90. The number of nitrogens with zero attached hydrogens (tertiary/aromatic N) is 2. The Bertz CT molecular complexity index is 1150. The van der Waals surface area contributed by atoms with Crippen molar-refractivity contribution in [3.8, 4) is 11.4 Å². The van der Waals surface area contributed by atoms with Gasteiger partial charge in [-0.15, -0.1) is 0 Å². The molecule has 2 aliphatic heterocycles. The molecule has 5 rings (SSSR count). The predicted octanol–water partition coefficient (Wildman–Crippen LogP) is 5.40. The van der Waals surface area contributed by atoms with Gasteiger partial charge in [-0.2, -0.15) is 0 Å². The molecule has 0 bridgehead atoms. The molecule has 1 fully saturated rings. The predicted molar refractivity (Wildman–Crippen MR) is 124 cm³/mol. The molecule has 1 aromatic heterocycles. The number of methoxy groups -OCH3 is 1. The van der Waals surface area contributed by atoms with Crippen molar-refractivity contribution in [1.82, 2.24) is 9.47 Å². The summed E-state index contributed by atoms with van der Waals surface area (Å²) in [4.78, 5) is 14.8. The van der Waals surface area contributed by atoms with E-state index in [1.807, 2.05) is 42.2 Å². The summed E-state index contributed by atoms with van der Waals surface area (Å²) in [7, 11) is 1.68. The Balaban J connectivity index is 1.36. The van der Waals surface area contributed by atoms with E-state index in [-0.39, 0.29) is 11.6 Å². The molecule has 0 unspecified atom stereocenters. The number of amides is 2. The second-order valence-corrected chi connectivity index (χ2v) is 8.59. The third kappa shape index (κ3) is 3.31. The summed E-state index contributed by atoms with van der Waals surface area (Å²) in [5.74, 6) is 0.825. The number of fused-ring (bicyclic) bond motifs is 4. The fraction of sp³-hybridized carbons (Fsp3) is 0.292. The SMILES string of the molecule is COc1ccc2c(c1)NC1(CCN(C(=O)Nc3cccc(Cl)c3C)CC1)c1cccn1-2. The van der Waals surface area contributed by atoms with E-state index in [9.17, 15) is 4.79 Å². The molecule has 7 heteroatoms. The molecule has 0 atom stereocenters. The normalized spacial score (nSPS) is 16.3. The van der Waals surface area contributed by atoms with Crippen LogP contribution in [0.1, 0.15) is 24.1 Å². The first-order valence-corrected chi connectivity index (χ1v) is 10.8. The number of carbonyl (C=O) groups excluding carboxylic acids is 1. The van der Waals surface area contributed by atoms with Gasteiger partial charge in [0.25, 0.3) is 0 Å². The summed E-state index contributed by atoms with van der Waals surface area (Å²) in [5.41, 5.74) is 4.81. The molecule has 160 valence electrons. The van der Waals surface area contributed by atoms with E-state index in [4.69, 9.17) is 16.3 Å². The minimum atomic E-state index is -0.217. The van der Waals surface area contributed by atoms with Gasteiger partial charge in [0.2, 0.25) is 0 Å². The van der Waals surface area contributed by atoms with Crippen LogP contribution in [0.2, 0.25) is 5.02 Å². The molecule has 0 radical (unpaired) electrons. The number of ether oxygens (including phenoxy) is 1. The van der Waals surface area contributed by atoms with E-state index >= 15 is 0 Å². The Labute approximate surface area is 186 Å². The Morgan fingerprint density at radius 1 is 1.16 bits per heavy atom. The van der Waals surface area contributed by atoms with Crippen LogP contribution in [0.25, 0.3) is 5.69 Å². The summed E-state index contributed by atoms with van der Waals surface area (Å²) < 4.78 is 7.68. The van der Waals surface area contributed by atoms with Crippen molar-refractivity contribution >= 4 is 29.0 Å². The number of aromatic nitrogens is 1. The van der Waals surface area contributed by atoms with Crippen LogP contribution in [-0.2, 0) is 5.54 Å². The van der Waals surface area contributed by atoms with Crippen LogP contribution in [0.5, 0.6) is 5.75 Å². The number of carbonyl (C=O) groups is 1. The first-order valence-electron chi connectivity index (χ1n) is 10.5. The van der Waals surface area contributed by atoms with E-state index in [0.29, 0.717) is 18.1 Å². The molecular weight excluding hydrogens is 412 g/mol. The third-order valence-electron chi connectivity index (χ3n) is 6.49. The number of halogens is 1. The van der Waals surface area contributed by atoms with Crippen molar-refractivity contribution < 1.29 is 9.53 Å². The maximum absolute atomic E-state index is 12.9. The molecule has 1 spiro atoms. The standard InChI is InChI=1S/C24H25ClN4O2/c1-16-18(25)5-3-6-19(16)26-23(30)28-13-10-24(11-14-28)22-7-4-12-29(22)21-9-8-17(31-2)15-20(21)27-24/h3-9,12,15,27H,10-11,13-14H2,1-2H3,(H,26,30). The minimum absolute atomic E-state index is 0.0894. The van der Waals surface area contributed by atoms with E-state index < -0.39 is 0 Å². The van der Waals surface area contributed by atoms with Crippen LogP contribution < -0.4 is 15.4 Å². The van der Waals surface area contributed by atoms with E-state index in [1.165, 1.54) is 5.69 Å². The van der Waals surface area contributed by atoms with Gasteiger partial charge in [-0.3, -0.25) is 0 Å². The quantitative estimate of drug-likeness (QED) is 0.565. The average Bonchev–Trinajstić information content (AvgIpc) is 3.28. The van der Waals surface area contributed by atoms with Gasteiger partial charge in [0.05, 0.1) is 24.0 Å². The van der Waals surface area contributed by atoms with Crippen molar-refractivity contribution in [1.29, 1.82) is 0 Å². The Kier molecular flexibility index (Phi) is 4.82. The monoisotopic (exact) mass is 436 g/mol. The zero-order valence-electron chi connectivity index (χ0n) is 17.6. The molecule has 6 nitrogen and oxygen atoms in total. The van der Waals surface area contributed by atoms with Crippen molar-refractivity contribution in [2.75, 3.05) is 30.8 Å². The second kappa shape index (κ2) is 7.54. The molecule has 1 saturated heterocycles. The number of likely N-dealkylation sites (tertiary alicyclic amines) is 1. The largest absolute Gasteiger partial charge is 0.497 e. The summed E-state index contributed by atoms with van der Waals surface area (Å²) >= 11 is 6.20. The van der Waals surface area contributed by atoms with Gasteiger partial charge in [0.15, 0.2) is 0 Å². The number of anilines is 2. The fourth-order valence-electron chi connectivity index (χ4n) is 4.66. The van der Waals surface area contributed by atoms with Gasteiger partial charge in [-0.25, -0.2) is 4.79 Å². The Morgan fingerprint density at radius 2 is 1.97 bits per heavy atom. The van der Waals surface area contributed by atoms with Crippen LogP contribution in [0.15, 0.2) is 54.7 Å². The van der Waals surface area contributed by atoms with Crippen LogP contribution in [0.3, 0.4) is 0 Å². The lowest BCUT2D eigenvalue weighted by Crippen LogP contribution is -2.51. The fourth-order valence-corrected chi connectivity index (χ4v) is 4.84. The maximum atomic E-state index is 12.9. The summed E-state index contributed by atoms with van der Waals surface area (Å²) in [5, 5.41) is 7.45. The first kappa shape index (κ1) is 19.8. The number of piperidine rings is 1. The van der Waals surface area contributed by atoms with Crippen molar-refractivity contribution in [2.45, 2.75) is 25.3 Å². The lowest BCUT2D eigenvalue weighted by Gasteiger charge is -2.46. The van der Waals surface area contributed by atoms with Gasteiger partial charge < -0.3 is 24.8 Å². The topological polar surface area (TPSA) is 58.5 Å². The zero-order valence-corrected chi connectivity index (χ0v) is 18.4. The van der Waals surface area contributed by atoms with Crippen LogP contribution in [0.4, 0.5) is 16.2 Å². The number of nitrogens with one attached hydrogen (secondary N) is 2. The molecule has 2 N–H and O–H groups in total. The van der Waals surface area contributed by atoms with Crippen LogP contribution >= 0.6 is 11.6 Å². The molecule has 0 saturated carbocycles. The van der Waals surface area contributed by atoms with E-state index in [2.05, 4.69) is 39.6 Å². The number of hydrogen-bond donors (Lipinski definition) is 2. The second-order valence-electron chi connectivity index (χ2n) is 8.18. The van der Waals surface area contributed by atoms with E-state index in [0.717, 1.165) is 41.2 Å². The Morgan fingerprint density at radius 3 is 2.74 bits per heavy atom. The minimum Gasteiger partial charge on any atom is -0.497 e. The first-order chi connectivity index (χ1) is 15.0. The molecular formula is C24H25ClN4O2. The number of benzene rings is 2. The zero-order chi connectivity index (χ0) is 21.6. The molecule has 2 aromatic carbocycles. The summed E-state index contributed by atoms with van der Waals surface area (Å²) in [6.07, 6.45) is 3.73. The molecule has 0 aliphatic carbocycles. The highest BCUT2D eigenvalue weighted by Gasteiger charge is 2.42. The molecule has 3 aromatic rings. The highest BCUT2D eigenvalue weighted by molar-refractivity contribution is 6.31. The smallest absolute Gasteiger partial charge is 0.321 e. The van der Waals surface area contributed by atoms with Gasteiger partial charge in [0.1, 0.15) is 5.75 Å². The van der Waals surface area contributed by atoms with Crippen molar-refractivity contribution in [3.05, 3.63) is 71.0 Å². The van der Waals surface area contributed by atoms with Crippen molar-refractivity contribution in [2.24, 2.45) is 0 Å². The Hall–Kier alpha value is -3.12. The summed E-state index contributed by atoms with van der Waals surface area (Å²) in [6.45, 7) is 3.22. The number of urea groups is 1. The van der Waals surface area contributed by atoms with Crippen LogP contribution in [-0.4, -0.2) is 35.7 Å². The molecule has 2 aliphatic rings. The number of hydrogen-bond acceptors (Lipinski definition) is 3. The van der Waals surface area contributed by atoms with Crippen molar-refractivity contribution in [3.63, 3.8) is 0 Å². The van der Waals surface area contributed by atoms with Gasteiger partial charge >= 0.3 is 6.03 Å². The van der Waals surface area contributed by atoms with Gasteiger partial charge in [-0.1, -0.05) is 17.7 Å². The van der Waals surface area contributed by atoms with Gasteiger partial charge in [0, 0.05) is 41.8 Å². The lowest BCUT2D eigenvalue weighted by molar-refractivity contribution is 0.174.